The Balaban J connectivity index is 2.84. The predicted molar refractivity (Wildman–Crippen MR) is 83.6 cm³/mol. The van der Waals surface area contributed by atoms with E-state index in [0.717, 1.165) is 0 Å². The summed E-state index contributed by atoms with van der Waals surface area (Å²) in [4.78, 5) is 23.8. The molecule has 0 saturated carbocycles. The van der Waals surface area contributed by atoms with E-state index < -0.39 is 0 Å². The van der Waals surface area contributed by atoms with Crippen LogP contribution in [0, 0.1) is 5.92 Å². The zero-order chi connectivity index (χ0) is 16.0. The number of nitrogens with one attached hydrogen (secondary N) is 2. The maximum atomic E-state index is 12.0. The van der Waals surface area contributed by atoms with Gasteiger partial charge in [0.2, 0.25) is 5.91 Å². The van der Waals surface area contributed by atoms with Gasteiger partial charge in [0.1, 0.15) is 0 Å². The topological polar surface area (TPSA) is 78.4 Å². The van der Waals surface area contributed by atoms with Crippen molar-refractivity contribution in [2.24, 2.45) is 5.92 Å². The van der Waals surface area contributed by atoms with Crippen LogP contribution in [0.5, 0.6) is 0 Å². The molecule has 0 heterocycles. The predicted octanol–water partition coefficient (Wildman–Crippen LogP) is 2.44. The molecule has 0 aromatic heterocycles. The highest BCUT2D eigenvalue weighted by molar-refractivity contribution is 6.34. The van der Waals surface area contributed by atoms with Gasteiger partial charge in [-0.05, 0) is 31.0 Å². The van der Waals surface area contributed by atoms with Crippen molar-refractivity contribution in [1.82, 2.24) is 5.32 Å². The highest BCUT2D eigenvalue weighted by Crippen LogP contribution is 2.21. The fraction of sp³-hybridized carbons (Fsp3) is 0.467. The lowest BCUT2D eigenvalue weighted by molar-refractivity contribution is -0.116. The number of halogens is 1. The van der Waals surface area contributed by atoms with Gasteiger partial charge in [-0.2, -0.15) is 0 Å². The van der Waals surface area contributed by atoms with Gasteiger partial charge in [0.05, 0.1) is 17.2 Å². The number of anilines is 1. The van der Waals surface area contributed by atoms with Crippen LogP contribution in [0.25, 0.3) is 0 Å². The summed E-state index contributed by atoms with van der Waals surface area (Å²) in [5.41, 5.74) is 0.783. The smallest absolute Gasteiger partial charge is 0.253 e. The average Bonchev–Trinajstić information content (AvgIpc) is 2.39. The number of carbonyl (C=O) groups excluding carboxylic acids is 2. The van der Waals surface area contributed by atoms with Crippen molar-refractivity contribution in [3.05, 3.63) is 28.8 Å². The van der Waals surface area contributed by atoms with Gasteiger partial charge in [-0.25, -0.2) is 0 Å². The van der Waals surface area contributed by atoms with Gasteiger partial charge in [0.15, 0.2) is 0 Å². The third-order valence-electron chi connectivity index (χ3n) is 2.74. The Hall–Kier alpha value is -1.59. The van der Waals surface area contributed by atoms with E-state index in [1.807, 2.05) is 13.8 Å². The number of hydrogen-bond acceptors (Lipinski definition) is 3. The summed E-state index contributed by atoms with van der Waals surface area (Å²) >= 11 is 6.00. The summed E-state index contributed by atoms with van der Waals surface area (Å²) in [6, 6.07) is 4.37. The number of aliphatic hydroxyl groups is 1. The van der Waals surface area contributed by atoms with Crippen LogP contribution in [0.2, 0.25) is 5.02 Å². The molecule has 116 valence electrons. The van der Waals surface area contributed by atoms with E-state index in [2.05, 4.69) is 10.6 Å². The van der Waals surface area contributed by atoms with E-state index in [1.54, 1.807) is 19.1 Å². The van der Waals surface area contributed by atoms with E-state index in [0.29, 0.717) is 17.1 Å². The van der Waals surface area contributed by atoms with Crippen LogP contribution in [-0.2, 0) is 4.79 Å². The molecule has 0 fully saturated rings. The van der Waals surface area contributed by atoms with Gasteiger partial charge in [-0.1, -0.05) is 25.4 Å². The third-order valence-corrected chi connectivity index (χ3v) is 3.07. The molecule has 1 atom stereocenters. The molecule has 0 saturated heterocycles. The van der Waals surface area contributed by atoms with Crippen molar-refractivity contribution in [3.8, 4) is 0 Å². The highest BCUT2D eigenvalue weighted by Gasteiger charge is 2.14. The van der Waals surface area contributed by atoms with Crippen molar-refractivity contribution in [2.45, 2.75) is 33.2 Å². The molecular formula is C15H21ClN2O3. The average molecular weight is 313 g/mol. The Labute approximate surface area is 129 Å². The lowest BCUT2D eigenvalue weighted by atomic mass is 10.1. The van der Waals surface area contributed by atoms with Crippen LogP contribution in [0.1, 0.15) is 37.6 Å². The summed E-state index contributed by atoms with van der Waals surface area (Å²) in [6.45, 7) is 5.43. The summed E-state index contributed by atoms with van der Waals surface area (Å²) in [6.07, 6.45) is 0.408. The second-order valence-corrected chi connectivity index (χ2v) is 5.81. The number of hydrogen-bond donors (Lipinski definition) is 3. The molecule has 2 amide bonds. The largest absolute Gasteiger partial charge is 0.394 e. The molecule has 5 nitrogen and oxygen atoms in total. The SMILES string of the molecule is CC(C)CC(=O)Nc1ccc(Cl)c(C(=O)NC(C)CO)c1. The summed E-state index contributed by atoms with van der Waals surface area (Å²) in [5.74, 6) is -0.241. The molecule has 1 unspecified atom stereocenters. The Morgan fingerprint density at radius 2 is 1.95 bits per heavy atom. The highest BCUT2D eigenvalue weighted by atomic mass is 35.5. The molecule has 0 aliphatic heterocycles. The fourth-order valence-corrected chi connectivity index (χ4v) is 1.91. The minimum absolute atomic E-state index is 0.109. The molecular weight excluding hydrogens is 292 g/mol. The number of aliphatic hydroxyl groups excluding tert-OH is 1. The number of rotatable bonds is 6. The van der Waals surface area contributed by atoms with Gasteiger partial charge < -0.3 is 15.7 Å². The van der Waals surface area contributed by atoms with Crippen LogP contribution in [0.4, 0.5) is 5.69 Å². The Morgan fingerprint density at radius 1 is 1.29 bits per heavy atom. The molecule has 1 rings (SSSR count). The minimum Gasteiger partial charge on any atom is -0.394 e. The molecule has 0 radical (unpaired) electrons. The number of benzene rings is 1. The van der Waals surface area contributed by atoms with Crippen LogP contribution in [0.15, 0.2) is 18.2 Å². The van der Waals surface area contributed by atoms with Gasteiger partial charge in [0, 0.05) is 18.2 Å². The van der Waals surface area contributed by atoms with Gasteiger partial charge in [0.25, 0.3) is 5.91 Å². The maximum Gasteiger partial charge on any atom is 0.253 e. The normalized spacial score (nSPS) is 12.1. The lowest BCUT2D eigenvalue weighted by Crippen LogP contribution is -2.35. The van der Waals surface area contributed by atoms with E-state index in [1.165, 1.54) is 6.07 Å². The van der Waals surface area contributed by atoms with Crippen molar-refractivity contribution in [1.29, 1.82) is 0 Å². The summed E-state index contributed by atoms with van der Waals surface area (Å²) in [7, 11) is 0. The van der Waals surface area contributed by atoms with E-state index in [4.69, 9.17) is 16.7 Å². The molecule has 6 heteroatoms. The number of carbonyl (C=O) groups is 2. The first-order valence-corrected chi connectivity index (χ1v) is 7.22. The first-order valence-electron chi connectivity index (χ1n) is 6.84. The second-order valence-electron chi connectivity index (χ2n) is 5.40. The Kier molecular flexibility index (Phi) is 6.65. The van der Waals surface area contributed by atoms with Crippen molar-refractivity contribution < 1.29 is 14.7 Å². The first-order chi connectivity index (χ1) is 9.83. The van der Waals surface area contributed by atoms with Gasteiger partial charge in [-0.15, -0.1) is 0 Å². The Morgan fingerprint density at radius 3 is 2.52 bits per heavy atom. The van der Waals surface area contributed by atoms with Crippen LogP contribution < -0.4 is 10.6 Å². The summed E-state index contributed by atoms with van der Waals surface area (Å²) < 4.78 is 0. The molecule has 0 aliphatic rings. The number of amides is 2. The van der Waals surface area contributed by atoms with Crippen LogP contribution in [-0.4, -0.2) is 29.6 Å². The van der Waals surface area contributed by atoms with E-state index >= 15 is 0 Å². The molecule has 0 spiro atoms. The fourth-order valence-electron chi connectivity index (χ4n) is 1.71. The lowest BCUT2D eigenvalue weighted by Gasteiger charge is -2.13. The standard InChI is InChI=1S/C15H21ClN2O3/c1-9(2)6-14(20)18-11-4-5-13(16)12(7-11)15(21)17-10(3)8-19/h4-5,7,9-10,19H,6,8H2,1-3H3,(H,17,21)(H,18,20). The molecule has 1 aromatic rings. The van der Waals surface area contributed by atoms with E-state index in [-0.39, 0.29) is 35.9 Å². The monoisotopic (exact) mass is 312 g/mol. The first kappa shape index (κ1) is 17.5. The minimum atomic E-state index is -0.387. The third kappa shape index (κ3) is 5.73. The molecule has 3 N–H and O–H groups in total. The quantitative estimate of drug-likeness (QED) is 0.755. The van der Waals surface area contributed by atoms with Crippen molar-refractivity contribution in [2.75, 3.05) is 11.9 Å². The van der Waals surface area contributed by atoms with Gasteiger partial charge >= 0.3 is 0 Å². The zero-order valence-corrected chi connectivity index (χ0v) is 13.2. The maximum absolute atomic E-state index is 12.0. The molecule has 0 bridgehead atoms. The van der Waals surface area contributed by atoms with E-state index in [9.17, 15) is 9.59 Å². The second kappa shape index (κ2) is 8.00. The zero-order valence-electron chi connectivity index (χ0n) is 12.4. The molecule has 21 heavy (non-hydrogen) atoms. The molecule has 1 aromatic carbocycles. The molecule has 0 aliphatic carbocycles. The van der Waals surface area contributed by atoms with Crippen LogP contribution >= 0.6 is 11.6 Å². The van der Waals surface area contributed by atoms with Crippen molar-refractivity contribution >= 4 is 29.1 Å². The summed E-state index contributed by atoms with van der Waals surface area (Å²) in [5, 5.41) is 14.6. The van der Waals surface area contributed by atoms with Crippen LogP contribution in [0.3, 0.4) is 0 Å². The van der Waals surface area contributed by atoms with Gasteiger partial charge in [-0.3, -0.25) is 9.59 Å². The Bertz CT molecular complexity index is 518. The van der Waals surface area contributed by atoms with Crippen molar-refractivity contribution in [3.63, 3.8) is 0 Å².